The number of halogens is 2. The Hall–Kier alpha value is -0.870. The number of carbonyl (C=O) groups is 2. The molecule has 1 unspecified atom stereocenters. The van der Waals surface area contributed by atoms with Crippen LogP contribution < -0.4 is 0 Å². The van der Waals surface area contributed by atoms with E-state index < -0.39 is 11.9 Å². The number of carbonyl (C=O) groups excluding carboxylic acids is 2. The van der Waals surface area contributed by atoms with Gasteiger partial charge in [0.1, 0.15) is 0 Å². The molecular formula is C12H12BrClO3. The fraction of sp³-hybridized carbons (Fsp3) is 0.333. The SMILES string of the molecule is COC(=O)C(C)CC(=O)c1cc(Br)ccc1Cl. The second-order valence-corrected chi connectivity index (χ2v) is 5.00. The fourth-order valence-electron chi connectivity index (χ4n) is 1.38. The number of hydrogen-bond donors (Lipinski definition) is 0. The fourth-order valence-corrected chi connectivity index (χ4v) is 1.97. The quantitative estimate of drug-likeness (QED) is 0.630. The van der Waals surface area contributed by atoms with Gasteiger partial charge < -0.3 is 4.74 Å². The summed E-state index contributed by atoms with van der Waals surface area (Å²) >= 11 is 9.20. The molecule has 0 aromatic heterocycles. The molecule has 3 nitrogen and oxygen atoms in total. The molecule has 92 valence electrons. The van der Waals surface area contributed by atoms with E-state index in [1.54, 1.807) is 25.1 Å². The molecule has 5 heteroatoms. The van der Waals surface area contributed by atoms with Crippen molar-refractivity contribution in [1.82, 2.24) is 0 Å². The molecule has 1 atom stereocenters. The van der Waals surface area contributed by atoms with E-state index in [2.05, 4.69) is 20.7 Å². The molecule has 1 aromatic rings. The molecule has 0 aliphatic heterocycles. The van der Waals surface area contributed by atoms with Crippen molar-refractivity contribution in [2.24, 2.45) is 5.92 Å². The summed E-state index contributed by atoms with van der Waals surface area (Å²) < 4.78 is 5.34. The third-order valence-electron chi connectivity index (χ3n) is 2.32. The molecule has 1 aromatic carbocycles. The van der Waals surface area contributed by atoms with Crippen molar-refractivity contribution < 1.29 is 14.3 Å². The van der Waals surface area contributed by atoms with Crippen molar-refractivity contribution in [3.63, 3.8) is 0 Å². The second kappa shape index (κ2) is 6.17. The van der Waals surface area contributed by atoms with Crippen LogP contribution in [0.1, 0.15) is 23.7 Å². The van der Waals surface area contributed by atoms with Gasteiger partial charge in [-0.25, -0.2) is 0 Å². The molecular weight excluding hydrogens is 307 g/mol. The van der Waals surface area contributed by atoms with Crippen molar-refractivity contribution in [3.8, 4) is 0 Å². The average Bonchev–Trinajstić information content (AvgIpc) is 2.30. The maximum absolute atomic E-state index is 11.9. The van der Waals surface area contributed by atoms with E-state index in [0.29, 0.717) is 10.6 Å². The minimum atomic E-state index is -0.470. The van der Waals surface area contributed by atoms with Crippen LogP contribution in [-0.2, 0) is 9.53 Å². The highest BCUT2D eigenvalue weighted by Gasteiger charge is 2.20. The van der Waals surface area contributed by atoms with Crippen LogP contribution in [0.3, 0.4) is 0 Å². The molecule has 0 saturated heterocycles. The Bertz CT molecular complexity index is 445. The highest BCUT2D eigenvalue weighted by Crippen LogP contribution is 2.23. The second-order valence-electron chi connectivity index (χ2n) is 3.68. The Morgan fingerprint density at radius 2 is 2.12 bits per heavy atom. The summed E-state index contributed by atoms with van der Waals surface area (Å²) in [6, 6.07) is 5.04. The van der Waals surface area contributed by atoms with E-state index in [9.17, 15) is 9.59 Å². The van der Waals surface area contributed by atoms with Crippen molar-refractivity contribution in [3.05, 3.63) is 33.3 Å². The van der Waals surface area contributed by atoms with Gasteiger partial charge in [0, 0.05) is 16.5 Å². The monoisotopic (exact) mass is 318 g/mol. The third-order valence-corrected chi connectivity index (χ3v) is 3.15. The van der Waals surface area contributed by atoms with Gasteiger partial charge in [0.2, 0.25) is 0 Å². The number of ether oxygens (including phenoxy) is 1. The van der Waals surface area contributed by atoms with E-state index >= 15 is 0 Å². The first-order valence-corrected chi connectivity index (χ1v) is 6.19. The zero-order valence-corrected chi connectivity index (χ0v) is 11.8. The molecule has 0 amide bonds. The molecule has 0 fully saturated rings. The third kappa shape index (κ3) is 3.82. The van der Waals surface area contributed by atoms with Gasteiger partial charge in [0.05, 0.1) is 18.1 Å². The van der Waals surface area contributed by atoms with Gasteiger partial charge in [0.15, 0.2) is 5.78 Å². The van der Waals surface area contributed by atoms with Crippen LogP contribution in [-0.4, -0.2) is 18.9 Å². The topological polar surface area (TPSA) is 43.4 Å². The molecule has 0 radical (unpaired) electrons. The van der Waals surface area contributed by atoms with Crippen LogP contribution >= 0.6 is 27.5 Å². The number of hydrogen-bond acceptors (Lipinski definition) is 3. The Morgan fingerprint density at radius 1 is 1.47 bits per heavy atom. The predicted molar refractivity (Wildman–Crippen MR) is 69.3 cm³/mol. The number of rotatable bonds is 4. The Kier molecular flexibility index (Phi) is 5.15. The molecule has 0 spiro atoms. The molecule has 0 bridgehead atoms. The van der Waals surface area contributed by atoms with Crippen LogP contribution in [0, 0.1) is 5.92 Å². The highest BCUT2D eigenvalue weighted by atomic mass is 79.9. The number of ketones is 1. The summed E-state index contributed by atoms with van der Waals surface area (Å²) in [7, 11) is 1.30. The normalized spacial score (nSPS) is 12.0. The lowest BCUT2D eigenvalue weighted by atomic mass is 10.00. The van der Waals surface area contributed by atoms with Crippen LogP contribution in [0.5, 0.6) is 0 Å². The first-order chi connectivity index (χ1) is 7.95. The predicted octanol–water partition coefficient (Wildman–Crippen LogP) is 3.48. The first-order valence-electron chi connectivity index (χ1n) is 5.01. The van der Waals surface area contributed by atoms with Gasteiger partial charge in [-0.15, -0.1) is 0 Å². The summed E-state index contributed by atoms with van der Waals surface area (Å²) in [6.45, 7) is 1.65. The van der Waals surface area contributed by atoms with E-state index in [1.165, 1.54) is 7.11 Å². The van der Waals surface area contributed by atoms with Crippen molar-refractivity contribution in [2.75, 3.05) is 7.11 Å². The number of methoxy groups -OCH3 is 1. The first kappa shape index (κ1) is 14.2. The standard InChI is InChI=1S/C12H12BrClO3/c1-7(12(16)17-2)5-11(15)9-6-8(13)3-4-10(9)14/h3-4,6-7H,5H2,1-2H3. The smallest absolute Gasteiger partial charge is 0.308 e. The molecule has 0 aliphatic rings. The molecule has 0 saturated carbocycles. The van der Waals surface area contributed by atoms with Gasteiger partial charge in [-0.05, 0) is 18.2 Å². The molecule has 0 N–H and O–H groups in total. The lowest BCUT2D eigenvalue weighted by Gasteiger charge is -2.09. The summed E-state index contributed by atoms with van der Waals surface area (Å²) in [5.41, 5.74) is 0.414. The van der Waals surface area contributed by atoms with E-state index in [-0.39, 0.29) is 12.2 Å². The van der Waals surface area contributed by atoms with Crippen molar-refractivity contribution in [1.29, 1.82) is 0 Å². The average molecular weight is 320 g/mol. The van der Waals surface area contributed by atoms with E-state index in [0.717, 1.165) is 4.47 Å². The summed E-state index contributed by atoms with van der Waals surface area (Å²) in [4.78, 5) is 23.1. The van der Waals surface area contributed by atoms with Crippen molar-refractivity contribution in [2.45, 2.75) is 13.3 Å². The maximum Gasteiger partial charge on any atom is 0.308 e. The highest BCUT2D eigenvalue weighted by molar-refractivity contribution is 9.10. The van der Waals surface area contributed by atoms with Crippen molar-refractivity contribution >= 4 is 39.3 Å². The van der Waals surface area contributed by atoms with Crippen LogP contribution in [0.25, 0.3) is 0 Å². The molecule has 0 heterocycles. The summed E-state index contributed by atoms with van der Waals surface area (Å²) in [6.07, 6.45) is 0.0862. The lowest BCUT2D eigenvalue weighted by molar-refractivity contribution is -0.144. The van der Waals surface area contributed by atoms with Crippen LogP contribution in [0.4, 0.5) is 0 Å². The number of Topliss-reactive ketones (excluding diaryl/α,β-unsaturated/α-hetero) is 1. The van der Waals surface area contributed by atoms with Gasteiger partial charge in [-0.1, -0.05) is 34.5 Å². The summed E-state index contributed by atoms with van der Waals surface area (Å²) in [5.74, 6) is -1.04. The lowest BCUT2D eigenvalue weighted by Crippen LogP contribution is -2.17. The molecule has 17 heavy (non-hydrogen) atoms. The summed E-state index contributed by atoms with van der Waals surface area (Å²) in [5, 5.41) is 0.385. The number of benzene rings is 1. The van der Waals surface area contributed by atoms with Gasteiger partial charge in [0.25, 0.3) is 0 Å². The minimum Gasteiger partial charge on any atom is -0.469 e. The van der Waals surface area contributed by atoms with E-state index in [4.69, 9.17) is 11.6 Å². The molecule has 0 aliphatic carbocycles. The van der Waals surface area contributed by atoms with Crippen LogP contribution in [0.2, 0.25) is 5.02 Å². The van der Waals surface area contributed by atoms with E-state index in [1.807, 2.05) is 0 Å². The Balaban J connectivity index is 2.83. The number of esters is 1. The zero-order chi connectivity index (χ0) is 13.0. The van der Waals surface area contributed by atoms with Crippen LogP contribution in [0.15, 0.2) is 22.7 Å². The minimum absolute atomic E-state index is 0.0862. The van der Waals surface area contributed by atoms with Gasteiger partial charge in [-0.3, -0.25) is 9.59 Å². The Labute approximate surface area is 113 Å². The van der Waals surface area contributed by atoms with Gasteiger partial charge in [-0.2, -0.15) is 0 Å². The zero-order valence-electron chi connectivity index (χ0n) is 9.50. The van der Waals surface area contributed by atoms with Gasteiger partial charge >= 0.3 is 5.97 Å². The maximum atomic E-state index is 11.9. The largest absolute Gasteiger partial charge is 0.469 e. The Morgan fingerprint density at radius 3 is 2.71 bits per heavy atom. The molecule has 1 rings (SSSR count).